The molecule has 0 fully saturated rings. The van der Waals surface area contributed by atoms with E-state index >= 15 is 0 Å². The van der Waals surface area contributed by atoms with Crippen LogP contribution in [0.4, 0.5) is 5.69 Å². The van der Waals surface area contributed by atoms with E-state index in [-0.39, 0.29) is 11.7 Å². The van der Waals surface area contributed by atoms with Crippen molar-refractivity contribution >= 4 is 29.1 Å². The molecule has 2 aromatic rings. The first-order valence-corrected chi connectivity index (χ1v) is 7.92. The van der Waals surface area contributed by atoms with Crippen molar-refractivity contribution in [2.45, 2.75) is 11.3 Å². The van der Waals surface area contributed by atoms with Crippen LogP contribution >= 0.6 is 11.8 Å². The van der Waals surface area contributed by atoms with E-state index in [0.717, 1.165) is 16.4 Å². The van der Waals surface area contributed by atoms with Gasteiger partial charge in [0, 0.05) is 28.3 Å². The lowest BCUT2D eigenvalue weighted by molar-refractivity contribution is 0.0984. The van der Waals surface area contributed by atoms with Gasteiger partial charge in [0.2, 0.25) is 0 Å². The highest BCUT2D eigenvalue weighted by Gasteiger charge is 2.23. The Labute approximate surface area is 132 Å². The molecule has 1 heterocycles. The van der Waals surface area contributed by atoms with Gasteiger partial charge in [0.05, 0.1) is 12.7 Å². The number of hydrogen-bond donors (Lipinski definition) is 1. The molecule has 1 aliphatic rings. The number of rotatable bonds is 3. The highest BCUT2D eigenvalue weighted by atomic mass is 32.2. The van der Waals surface area contributed by atoms with E-state index in [0.29, 0.717) is 23.2 Å². The van der Waals surface area contributed by atoms with Gasteiger partial charge in [-0.05, 0) is 30.3 Å². The van der Waals surface area contributed by atoms with Crippen molar-refractivity contribution < 1.29 is 14.3 Å². The fourth-order valence-electron chi connectivity index (χ4n) is 2.34. The Morgan fingerprint density at radius 1 is 1.18 bits per heavy atom. The maximum Gasteiger partial charge on any atom is 0.256 e. The first-order valence-electron chi connectivity index (χ1n) is 6.93. The van der Waals surface area contributed by atoms with E-state index in [9.17, 15) is 9.59 Å². The summed E-state index contributed by atoms with van der Waals surface area (Å²) in [5.74, 6) is 1.35. The van der Waals surface area contributed by atoms with Gasteiger partial charge in [-0.15, -0.1) is 11.8 Å². The maximum absolute atomic E-state index is 12.5. The topological polar surface area (TPSA) is 55.4 Å². The molecule has 0 aliphatic carbocycles. The molecule has 0 saturated carbocycles. The first-order chi connectivity index (χ1) is 10.7. The number of ketones is 1. The summed E-state index contributed by atoms with van der Waals surface area (Å²) in [6.45, 7) is 0. The predicted molar refractivity (Wildman–Crippen MR) is 87.1 cm³/mol. The zero-order valence-electron chi connectivity index (χ0n) is 12.1. The number of benzene rings is 2. The maximum atomic E-state index is 12.5. The largest absolute Gasteiger partial charge is 0.497 e. The number of fused-ring (bicyclic) bond motifs is 1. The van der Waals surface area contributed by atoms with Gasteiger partial charge >= 0.3 is 0 Å². The Balaban J connectivity index is 1.86. The third-order valence-electron chi connectivity index (χ3n) is 3.48. The zero-order chi connectivity index (χ0) is 15.5. The van der Waals surface area contributed by atoms with Crippen LogP contribution in [-0.2, 0) is 0 Å². The van der Waals surface area contributed by atoms with Gasteiger partial charge in [0.25, 0.3) is 5.91 Å². The van der Waals surface area contributed by atoms with Gasteiger partial charge in [-0.1, -0.05) is 12.1 Å². The van der Waals surface area contributed by atoms with Gasteiger partial charge < -0.3 is 10.1 Å². The summed E-state index contributed by atoms with van der Waals surface area (Å²) in [5, 5.41) is 2.86. The first kappa shape index (κ1) is 14.7. The number of methoxy groups -OCH3 is 1. The van der Waals surface area contributed by atoms with Crippen LogP contribution in [0.2, 0.25) is 0 Å². The summed E-state index contributed by atoms with van der Waals surface area (Å²) in [4.78, 5) is 25.2. The SMILES string of the molecule is COc1ccc(NC(=O)c2cccc3c2SCCC3=O)cc1. The number of amides is 1. The van der Waals surface area contributed by atoms with E-state index in [2.05, 4.69) is 5.32 Å². The molecule has 0 radical (unpaired) electrons. The molecule has 22 heavy (non-hydrogen) atoms. The fraction of sp³-hybridized carbons (Fsp3) is 0.176. The summed E-state index contributed by atoms with van der Waals surface area (Å²) >= 11 is 1.56. The third kappa shape index (κ3) is 2.85. The van der Waals surface area contributed by atoms with Crippen LogP contribution in [0.5, 0.6) is 5.75 Å². The molecule has 0 unspecified atom stereocenters. The van der Waals surface area contributed by atoms with Crippen molar-refractivity contribution in [2.75, 3.05) is 18.2 Å². The smallest absolute Gasteiger partial charge is 0.256 e. The Morgan fingerprint density at radius 3 is 2.68 bits per heavy atom. The quantitative estimate of drug-likeness (QED) is 0.940. The molecular formula is C17H15NO3S. The lowest BCUT2D eigenvalue weighted by Gasteiger charge is -2.17. The number of ether oxygens (including phenoxy) is 1. The molecule has 0 spiro atoms. The Hall–Kier alpha value is -2.27. The number of carbonyl (C=O) groups is 2. The second-order valence-corrected chi connectivity index (χ2v) is 5.99. The van der Waals surface area contributed by atoms with E-state index in [4.69, 9.17) is 4.74 Å². The Bertz CT molecular complexity index is 725. The van der Waals surface area contributed by atoms with Gasteiger partial charge in [0.1, 0.15) is 5.75 Å². The monoisotopic (exact) mass is 313 g/mol. The van der Waals surface area contributed by atoms with Gasteiger partial charge in [0.15, 0.2) is 5.78 Å². The van der Waals surface area contributed by atoms with E-state index in [1.54, 1.807) is 61.3 Å². The summed E-state index contributed by atoms with van der Waals surface area (Å²) in [7, 11) is 1.60. The van der Waals surface area contributed by atoms with Crippen LogP contribution in [0.3, 0.4) is 0 Å². The van der Waals surface area contributed by atoms with E-state index < -0.39 is 0 Å². The van der Waals surface area contributed by atoms with Crippen LogP contribution in [0.15, 0.2) is 47.4 Å². The summed E-state index contributed by atoms with van der Waals surface area (Å²) < 4.78 is 5.09. The molecule has 1 N–H and O–H groups in total. The van der Waals surface area contributed by atoms with Crippen molar-refractivity contribution in [1.82, 2.24) is 0 Å². The normalized spacial score (nSPS) is 13.4. The lowest BCUT2D eigenvalue weighted by Crippen LogP contribution is -2.17. The van der Waals surface area contributed by atoms with Crippen LogP contribution < -0.4 is 10.1 Å². The molecule has 0 atom stereocenters. The summed E-state index contributed by atoms with van der Waals surface area (Å²) in [5.41, 5.74) is 1.89. The number of anilines is 1. The number of carbonyl (C=O) groups excluding carboxylic acids is 2. The van der Waals surface area contributed by atoms with Gasteiger partial charge in [-0.3, -0.25) is 9.59 Å². The Morgan fingerprint density at radius 2 is 1.95 bits per heavy atom. The highest BCUT2D eigenvalue weighted by molar-refractivity contribution is 7.99. The lowest BCUT2D eigenvalue weighted by atomic mass is 10.0. The van der Waals surface area contributed by atoms with Gasteiger partial charge in [-0.25, -0.2) is 0 Å². The molecule has 1 aliphatic heterocycles. The molecular weight excluding hydrogens is 298 g/mol. The standard InChI is InChI=1S/C17H15NO3S/c1-21-12-7-5-11(6-8-12)18-17(20)14-4-2-3-13-15(19)9-10-22-16(13)14/h2-8H,9-10H2,1H3,(H,18,20). The molecule has 4 nitrogen and oxygen atoms in total. The van der Waals surface area contributed by atoms with Crippen molar-refractivity contribution in [2.24, 2.45) is 0 Å². The van der Waals surface area contributed by atoms with Crippen molar-refractivity contribution in [3.8, 4) is 5.75 Å². The average Bonchev–Trinajstić information content (AvgIpc) is 2.55. The van der Waals surface area contributed by atoms with Crippen molar-refractivity contribution in [1.29, 1.82) is 0 Å². The molecule has 0 saturated heterocycles. The van der Waals surface area contributed by atoms with Crippen LogP contribution in [0, 0.1) is 0 Å². The number of nitrogens with one attached hydrogen (secondary N) is 1. The molecule has 1 amide bonds. The zero-order valence-corrected chi connectivity index (χ0v) is 12.9. The Kier molecular flexibility index (Phi) is 4.15. The second-order valence-electron chi connectivity index (χ2n) is 4.89. The number of hydrogen-bond acceptors (Lipinski definition) is 4. The van der Waals surface area contributed by atoms with Crippen LogP contribution in [-0.4, -0.2) is 24.6 Å². The summed E-state index contributed by atoms with van der Waals surface area (Å²) in [6.07, 6.45) is 0.529. The van der Waals surface area contributed by atoms with Crippen LogP contribution in [0.1, 0.15) is 27.1 Å². The van der Waals surface area contributed by atoms with E-state index in [1.807, 2.05) is 0 Å². The van der Waals surface area contributed by atoms with E-state index in [1.165, 1.54) is 0 Å². The molecule has 0 aromatic heterocycles. The predicted octanol–water partition coefficient (Wildman–Crippen LogP) is 3.63. The van der Waals surface area contributed by atoms with Crippen LogP contribution in [0.25, 0.3) is 0 Å². The number of Topliss-reactive ketones (excluding diaryl/α,β-unsaturated/α-hetero) is 1. The third-order valence-corrected chi connectivity index (χ3v) is 4.62. The summed E-state index contributed by atoms with van der Waals surface area (Å²) in [6, 6.07) is 12.4. The fourth-order valence-corrected chi connectivity index (χ4v) is 3.49. The van der Waals surface area contributed by atoms with Crippen molar-refractivity contribution in [3.05, 3.63) is 53.6 Å². The minimum atomic E-state index is -0.204. The number of thioether (sulfide) groups is 1. The molecule has 112 valence electrons. The molecule has 2 aromatic carbocycles. The molecule has 5 heteroatoms. The minimum absolute atomic E-state index is 0.104. The minimum Gasteiger partial charge on any atom is -0.497 e. The highest BCUT2D eigenvalue weighted by Crippen LogP contribution is 2.33. The second kappa shape index (κ2) is 6.23. The molecule has 3 rings (SSSR count). The van der Waals surface area contributed by atoms with Gasteiger partial charge in [-0.2, -0.15) is 0 Å². The molecule has 0 bridgehead atoms. The average molecular weight is 313 g/mol. The van der Waals surface area contributed by atoms with Crippen molar-refractivity contribution in [3.63, 3.8) is 0 Å².